The van der Waals surface area contributed by atoms with Gasteiger partial charge in [-0.25, -0.2) is 4.31 Å². The van der Waals surface area contributed by atoms with Crippen molar-refractivity contribution in [1.82, 2.24) is 0 Å². The van der Waals surface area contributed by atoms with E-state index >= 15 is 0 Å². The maximum atomic E-state index is 12.6. The zero-order chi connectivity index (χ0) is 16.4. The van der Waals surface area contributed by atoms with Gasteiger partial charge in [-0.1, -0.05) is 30.3 Å². The van der Waals surface area contributed by atoms with E-state index in [1.54, 1.807) is 24.3 Å². The molecule has 0 spiro atoms. The molecule has 116 valence electrons. The maximum Gasteiger partial charge on any atom is 0.249 e. The van der Waals surface area contributed by atoms with Gasteiger partial charge in [-0.2, -0.15) is 0 Å². The fourth-order valence-corrected chi connectivity index (χ4v) is 3.41. The highest BCUT2D eigenvalue weighted by molar-refractivity contribution is 8.16. The monoisotopic (exact) mass is 325 g/mol. The third kappa shape index (κ3) is 3.19. The van der Waals surface area contributed by atoms with Gasteiger partial charge in [0.2, 0.25) is 11.0 Å². The Morgan fingerprint density at radius 1 is 1.04 bits per heavy atom. The standard InChI is InChI=1S/C18H15NO3S/c1-12(20)14-7-9-15(10-8-14)19-17(21)16(18(22)23-19)11-13-5-3-2-4-6-13/h2-10,16H,11H2,1H3. The van der Waals surface area contributed by atoms with Gasteiger partial charge >= 0.3 is 0 Å². The fourth-order valence-electron chi connectivity index (χ4n) is 2.47. The van der Waals surface area contributed by atoms with Gasteiger partial charge in [0.15, 0.2) is 5.78 Å². The van der Waals surface area contributed by atoms with Crippen molar-refractivity contribution in [3.63, 3.8) is 0 Å². The first-order chi connectivity index (χ1) is 11.1. The predicted octanol–water partition coefficient (Wildman–Crippen LogP) is 3.27. The molecule has 0 aromatic heterocycles. The van der Waals surface area contributed by atoms with Crippen molar-refractivity contribution < 1.29 is 14.4 Å². The van der Waals surface area contributed by atoms with Gasteiger partial charge < -0.3 is 0 Å². The Balaban J connectivity index is 1.79. The minimum Gasteiger partial charge on any atom is -0.295 e. The zero-order valence-corrected chi connectivity index (χ0v) is 13.4. The Kier molecular flexibility index (Phi) is 4.30. The van der Waals surface area contributed by atoms with Gasteiger partial charge in [0.25, 0.3) is 0 Å². The van der Waals surface area contributed by atoms with Crippen LogP contribution in [0.4, 0.5) is 5.69 Å². The van der Waals surface area contributed by atoms with E-state index in [-0.39, 0.29) is 16.8 Å². The lowest BCUT2D eigenvalue weighted by molar-refractivity contribution is -0.125. The Hall–Kier alpha value is -2.40. The number of anilines is 1. The van der Waals surface area contributed by atoms with Crippen LogP contribution in [0.1, 0.15) is 22.8 Å². The van der Waals surface area contributed by atoms with Crippen molar-refractivity contribution in [3.05, 3.63) is 65.7 Å². The normalized spacial score (nSPS) is 17.6. The van der Waals surface area contributed by atoms with Crippen molar-refractivity contribution in [2.45, 2.75) is 13.3 Å². The van der Waals surface area contributed by atoms with Crippen molar-refractivity contribution in [2.75, 3.05) is 4.31 Å². The number of Topliss-reactive ketones (excluding diaryl/α,β-unsaturated/α-hetero) is 1. The van der Waals surface area contributed by atoms with Crippen LogP contribution in [0.2, 0.25) is 0 Å². The van der Waals surface area contributed by atoms with Crippen LogP contribution in [-0.2, 0) is 16.0 Å². The number of hydrogen-bond acceptors (Lipinski definition) is 4. The number of rotatable bonds is 4. The lowest BCUT2D eigenvalue weighted by atomic mass is 9.99. The molecule has 5 heteroatoms. The zero-order valence-electron chi connectivity index (χ0n) is 12.6. The molecule has 1 heterocycles. The van der Waals surface area contributed by atoms with E-state index < -0.39 is 5.92 Å². The van der Waals surface area contributed by atoms with Crippen LogP contribution in [0.25, 0.3) is 0 Å². The summed E-state index contributed by atoms with van der Waals surface area (Å²) in [5, 5.41) is -0.144. The van der Waals surface area contributed by atoms with Gasteiger partial charge in [0, 0.05) is 17.5 Å². The third-order valence-electron chi connectivity index (χ3n) is 3.76. The second kappa shape index (κ2) is 6.38. The average Bonchev–Trinajstić information content (AvgIpc) is 2.84. The molecule has 2 aromatic rings. The van der Waals surface area contributed by atoms with E-state index in [1.807, 2.05) is 30.3 Å². The second-order valence-corrected chi connectivity index (χ2v) is 6.34. The van der Waals surface area contributed by atoms with Crippen molar-refractivity contribution >= 4 is 34.4 Å². The van der Waals surface area contributed by atoms with Crippen LogP contribution in [0.3, 0.4) is 0 Å². The molecule has 4 nitrogen and oxygen atoms in total. The van der Waals surface area contributed by atoms with E-state index in [0.717, 1.165) is 17.5 Å². The molecule has 0 bridgehead atoms. The minimum atomic E-state index is -0.658. The van der Waals surface area contributed by atoms with Gasteiger partial charge in [0.05, 0.1) is 5.69 Å². The maximum absolute atomic E-state index is 12.6. The highest BCUT2D eigenvalue weighted by Gasteiger charge is 2.41. The second-order valence-electron chi connectivity index (χ2n) is 5.39. The van der Waals surface area contributed by atoms with Crippen LogP contribution in [0, 0.1) is 5.92 Å². The van der Waals surface area contributed by atoms with Crippen molar-refractivity contribution in [3.8, 4) is 0 Å². The number of nitrogens with zero attached hydrogens (tertiary/aromatic N) is 1. The molecule has 23 heavy (non-hydrogen) atoms. The summed E-state index contributed by atoms with van der Waals surface area (Å²) < 4.78 is 1.42. The molecule has 3 rings (SSSR count). The first-order valence-electron chi connectivity index (χ1n) is 7.27. The van der Waals surface area contributed by atoms with Crippen molar-refractivity contribution in [1.29, 1.82) is 0 Å². The van der Waals surface area contributed by atoms with Crippen LogP contribution in [-0.4, -0.2) is 16.8 Å². The molecular formula is C18H15NO3S. The van der Waals surface area contributed by atoms with Crippen LogP contribution >= 0.6 is 11.9 Å². The average molecular weight is 325 g/mol. The van der Waals surface area contributed by atoms with Crippen LogP contribution < -0.4 is 4.31 Å². The fraction of sp³-hybridized carbons (Fsp3) is 0.167. The Labute approximate surface area is 138 Å². The molecule has 1 fully saturated rings. The van der Waals surface area contributed by atoms with Crippen LogP contribution in [0.15, 0.2) is 54.6 Å². The number of carbonyl (C=O) groups excluding carboxylic acids is 3. The molecule has 1 amide bonds. The highest BCUT2D eigenvalue weighted by atomic mass is 32.2. The van der Waals surface area contributed by atoms with E-state index in [9.17, 15) is 14.4 Å². The van der Waals surface area contributed by atoms with E-state index in [2.05, 4.69) is 0 Å². The molecule has 0 radical (unpaired) electrons. The molecule has 1 aliphatic rings. The number of carbonyl (C=O) groups is 3. The summed E-state index contributed by atoms with van der Waals surface area (Å²) in [4.78, 5) is 36.1. The van der Waals surface area contributed by atoms with E-state index in [1.165, 1.54) is 11.2 Å². The summed E-state index contributed by atoms with van der Waals surface area (Å²) in [6.07, 6.45) is 0.410. The molecular weight excluding hydrogens is 310 g/mol. The molecule has 1 unspecified atom stereocenters. The SMILES string of the molecule is CC(=O)c1ccc(N2SC(=O)C(Cc3ccccc3)C2=O)cc1. The molecule has 0 saturated carbocycles. The summed E-state index contributed by atoms with van der Waals surface area (Å²) >= 11 is 0.928. The summed E-state index contributed by atoms with van der Waals surface area (Å²) in [5.41, 5.74) is 2.17. The molecule has 0 aliphatic carbocycles. The van der Waals surface area contributed by atoms with E-state index in [4.69, 9.17) is 0 Å². The molecule has 0 N–H and O–H groups in total. The summed E-state index contributed by atoms with van der Waals surface area (Å²) in [6, 6.07) is 16.2. The number of benzene rings is 2. The molecule has 1 saturated heterocycles. The topological polar surface area (TPSA) is 54.5 Å². The first kappa shape index (κ1) is 15.5. The number of amides is 1. The largest absolute Gasteiger partial charge is 0.295 e. The Bertz CT molecular complexity index is 756. The first-order valence-corrected chi connectivity index (χ1v) is 8.04. The highest BCUT2D eigenvalue weighted by Crippen LogP contribution is 2.35. The Morgan fingerprint density at radius 3 is 2.30 bits per heavy atom. The van der Waals surface area contributed by atoms with E-state index in [0.29, 0.717) is 17.7 Å². The number of ketones is 1. The molecule has 1 aliphatic heterocycles. The van der Waals surface area contributed by atoms with Gasteiger partial charge in [-0.05, 0) is 43.2 Å². The predicted molar refractivity (Wildman–Crippen MR) is 90.2 cm³/mol. The van der Waals surface area contributed by atoms with Gasteiger partial charge in [-0.3, -0.25) is 14.4 Å². The number of hydrogen-bond donors (Lipinski definition) is 0. The third-order valence-corrected chi connectivity index (χ3v) is 4.79. The van der Waals surface area contributed by atoms with Crippen LogP contribution in [0.5, 0.6) is 0 Å². The van der Waals surface area contributed by atoms with Gasteiger partial charge in [0.1, 0.15) is 5.92 Å². The summed E-state index contributed by atoms with van der Waals surface area (Å²) in [5.74, 6) is -0.899. The lowest BCUT2D eigenvalue weighted by Gasteiger charge is -2.14. The lowest BCUT2D eigenvalue weighted by Crippen LogP contribution is -2.25. The quantitative estimate of drug-likeness (QED) is 0.492. The van der Waals surface area contributed by atoms with Gasteiger partial charge in [-0.15, -0.1) is 0 Å². The van der Waals surface area contributed by atoms with Crippen molar-refractivity contribution in [2.24, 2.45) is 5.92 Å². The minimum absolute atomic E-state index is 0.0324. The molecule has 2 aromatic carbocycles. The Morgan fingerprint density at radius 2 is 1.70 bits per heavy atom. The molecule has 1 atom stereocenters. The summed E-state index contributed by atoms with van der Waals surface area (Å²) in [6.45, 7) is 1.49. The smallest absolute Gasteiger partial charge is 0.249 e. The summed E-state index contributed by atoms with van der Waals surface area (Å²) in [7, 11) is 0.